The van der Waals surface area contributed by atoms with Crippen LogP contribution in [0.5, 0.6) is 0 Å². The molecule has 1 aromatic carbocycles. The minimum absolute atomic E-state index is 0.816. The molecule has 0 saturated carbocycles. The fourth-order valence-electron chi connectivity index (χ4n) is 3.06. The van der Waals surface area contributed by atoms with Crippen molar-refractivity contribution in [2.24, 2.45) is 0 Å². The minimum Gasteiger partial charge on any atom is -0.459 e. The number of aromatic nitrogens is 5. The number of furan rings is 1. The molecule has 3 heterocycles. The van der Waals surface area contributed by atoms with Crippen molar-refractivity contribution in [2.75, 3.05) is 0 Å². The molecular formula is C20H21N5O. The van der Waals surface area contributed by atoms with Gasteiger partial charge < -0.3 is 8.98 Å². The molecule has 0 unspecified atom stereocenters. The van der Waals surface area contributed by atoms with Crippen molar-refractivity contribution in [3.8, 4) is 22.7 Å². The molecule has 0 amide bonds. The molecule has 6 heteroatoms. The van der Waals surface area contributed by atoms with E-state index in [0.29, 0.717) is 0 Å². The first-order chi connectivity index (χ1) is 12.8. The van der Waals surface area contributed by atoms with Gasteiger partial charge in [-0.25, -0.2) is 9.97 Å². The van der Waals surface area contributed by atoms with E-state index in [2.05, 4.69) is 38.7 Å². The number of imidazole rings is 1. The fourth-order valence-corrected chi connectivity index (χ4v) is 3.06. The van der Waals surface area contributed by atoms with Crippen LogP contribution in [0.15, 0.2) is 65.9 Å². The van der Waals surface area contributed by atoms with Crippen molar-refractivity contribution in [1.82, 2.24) is 24.3 Å². The molecule has 0 fully saturated rings. The van der Waals surface area contributed by atoms with E-state index < -0.39 is 0 Å². The Hall–Kier alpha value is -3.15. The van der Waals surface area contributed by atoms with Gasteiger partial charge in [0.1, 0.15) is 24.1 Å². The first-order valence-corrected chi connectivity index (χ1v) is 8.87. The first-order valence-electron chi connectivity index (χ1n) is 8.87. The Balaban J connectivity index is 1.65. The summed E-state index contributed by atoms with van der Waals surface area (Å²) in [4.78, 5) is 8.67. The van der Waals surface area contributed by atoms with Gasteiger partial charge in [0.15, 0.2) is 5.76 Å². The van der Waals surface area contributed by atoms with Gasteiger partial charge in [0.25, 0.3) is 0 Å². The van der Waals surface area contributed by atoms with Crippen LogP contribution in [0.1, 0.15) is 19.1 Å². The van der Waals surface area contributed by atoms with Gasteiger partial charge in [-0.1, -0.05) is 37.3 Å². The van der Waals surface area contributed by atoms with E-state index in [1.165, 1.54) is 0 Å². The van der Waals surface area contributed by atoms with E-state index in [-0.39, 0.29) is 0 Å². The number of hydrogen-bond donors (Lipinski definition) is 0. The average molecular weight is 347 g/mol. The van der Waals surface area contributed by atoms with Crippen molar-refractivity contribution in [3.05, 3.63) is 67.2 Å². The van der Waals surface area contributed by atoms with Gasteiger partial charge in [-0.15, -0.1) is 0 Å². The van der Waals surface area contributed by atoms with Crippen LogP contribution in [-0.2, 0) is 19.5 Å². The summed E-state index contributed by atoms with van der Waals surface area (Å²) in [6.07, 6.45) is 7.01. The second-order valence-corrected chi connectivity index (χ2v) is 6.13. The Morgan fingerprint density at radius 3 is 2.62 bits per heavy atom. The molecule has 0 N–H and O–H groups in total. The van der Waals surface area contributed by atoms with Crippen molar-refractivity contribution in [2.45, 2.75) is 32.9 Å². The largest absolute Gasteiger partial charge is 0.459 e. The maximum atomic E-state index is 6.04. The third-order valence-corrected chi connectivity index (χ3v) is 4.38. The zero-order valence-corrected chi connectivity index (χ0v) is 14.7. The summed E-state index contributed by atoms with van der Waals surface area (Å²) in [5.74, 6) is 1.84. The molecule has 0 atom stereocenters. The average Bonchev–Trinajstić information content (AvgIpc) is 3.43. The number of benzene rings is 1. The lowest BCUT2D eigenvalue weighted by molar-refractivity contribution is 0.508. The maximum absolute atomic E-state index is 6.04. The molecule has 0 aliphatic heterocycles. The summed E-state index contributed by atoms with van der Waals surface area (Å²) in [6.45, 7) is 3.74. The normalized spacial score (nSPS) is 11.1. The summed E-state index contributed by atoms with van der Waals surface area (Å²) < 4.78 is 10.1. The van der Waals surface area contributed by atoms with Crippen LogP contribution >= 0.6 is 0 Å². The van der Waals surface area contributed by atoms with Crippen molar-refractivity contribution < 1.29 is 4.42 Å². The van der Waals surface area contributed by atoms with Gasteiger partial charge in [0.2, 0.25) is 0 Å². The van der Waals surface area contributed by atoms with Crippen LogP contribution in [0.2, 0.25) is 0 Å². The lowest BCUT2D eigenvalue weighted by Gasteiger charge is -2.09. The number of hydrogen-bond acceptors (Lipinski definition) is 4. The maximum Gasteiger partial charge on any atom is 0.152 e. The van der Waals surface area contributed by atoms with E-state index >= 15 is 0 Å². The number of aryl methyl sites for hydroxylation is 3. The van der Waals surface area contributed by atoms with Crippen molar-refractivity contribution in [3.63, 3.8) is 0 Å². The molecule has 0 spiro atoms. The number of rotatable bonds is 7. The predicted molar refractivity (Wildman–Crippen MR) is 99.4 cm³/mol. The highest BCUT2D eigenvalue weighted by Crippen LogP contribution is 2.32. The van der Waals surface area contributed by atoms with E-state index in [1.54, 1.807) is 12.7 Å². The molecule has 4 rings (SSSR count). The Kier molecular flexibility index (Phi) is 4.64. The zero-order chi connectivity index (χ0) is 17.8. The predicted octanol–water partition coefficient (Wildman–Crippen LogP) is 4.05. The molecule has 0 aliphatic rings. The van der Waals surface area contributed by atoms with E-state index in [0.717, 1.165) is 54.4 Å². The molecule has 3 aromatic heterocycles. The summed E-state index contributed by atoms with van der Waals surface area (Å²) in [5.41, 5.74) is 3.06. The third kappa shape index (κ3) is 3.31. The summed E-state index contributed by atoms with van der Waals surface area (Å²) >= 11 is 0. The number of nitrogens with zero attached hydrogens (tertiary/aromatic N) is 5. The lowest BCUT2D eigenvalue weighted by atomic mass is 10.1. The molecule has 26 heavy (non-hydrogen) atoms. The van der Waals surface area contributed by atoms with Gasteiger partial charge in [-0.2, -0.15) is 5.10 Å². The highest BCUT2D eigenvalue weighted by Gasteiger charge is 2.17. The van der Waals surface area contributed by atoms with Crippen LogP contribution in [0.4, 0.5) is 0 Å². The third-order valence-electron chi connectivity index (χ3n) is 4.38. The van der Waals surface area contributed by atoms with E-state index in [1.807, 2.05) is 41.3 Å². The van der Waals surface area contributed by atoms with Gasteiger partial charge in [-0.05, 0) is 18.6 Å². The molecule has 132 valence electrons. The Bertz CT molecular complexity index is 953. The molecule has 0 radical (unpaired) electrons. The van der Waals surface area contributed by atoms with Crippen molar-refractivity contribution in [1.29, 1.82) is 0 Å². The smallest absolute Gasteiger partial charge is 0.152 e. The quantitative estimate of drug-likeness (QED) is 0.506. The zero-order valence-electron chi connectivity index (χ0n) is 14.7. The highest BCUT2D eigenvalue weighted by atomic mass is 16.3. The monoisotopic (exact) mass is 347 g/mol. The summed E-state index contributed by atoms with van der Waals surface area (Å²) in [6, 6.07) is 14.3. The second-order valence-electron chi connectivity index (χ2n) is 6.13. The van der Waals surface area contributed by atoms with Crippen LogP contribution in [0, 0.1) is 0 Å². The minimum atomic E-state index is 0.816. The molecule has 0 bridgehead atoms. The lowest BCUT2D eigenvalue weighted by Crippen LogP contribution is -2.05. The van der Waals surface area contributed by atoms with Gasteiger partial charge in [0, 0.05) is 25.1 Å². The first kappa shape index (κ1) is 16.3. The fraction of sp³-hybridized carbons (Fsp3) is 0.250. The van der Waals surface area contributed by atoms with Crippen molar-refractivity contribution >= 4 is 0 Å². The molecule has 0 aliphatic carbocycles. The van der Waals surface area contributed by atoms with Gasteiger partial charge in [-0.3, -0.25) is 4.68 Å². The molecule has 6 nitrogen and oxygen atoms in total. The SMILES string of the molecule is CCc1ccc(-c2c(-c3ccccc3)ncn2CCCn2cncn2)o1. The molecular weight excluding hydrogens is 326 g/mol. The Morgan fingerprint density at radius 1 is 1.00 bits per heavy atom. The van der Waals surface area contributed by atoms with Gasteiger partial charge >= 0.3 is 0 Å². The second kappa shape index (κ2) is 7.39. The Morgan fingerprint density at radius 2 is 1.88 bits per heavy atom. The van der Waals surface area contributed by atoms with E-state index in [4.69, 9.17) is 4.42 Å². The van der Waals surface area contributed by atoms with Gasteiger partial charge in [0.05, 0.1) is 12.0 Å². The summed E-state index contributed by atoms with van der Waals surface area (Å²) in [7, 11) is 0. The van der Waals surface area contributed by atoms with Crippen LogP contribution in [0.25, 0.3) is 22.7 Å². The molecule has 0 saturated heterocycles. The van der Waals surface area contributed by atoms with Crippen LogP contribution < -0.4 is 0 Å². The summed E-state index contributed by atoms with van der Waals surface area (Å²) in [5, 5.41) is 4.16. The highest BCUT2D eigenvalue weighted by molar-refractivity contribution is 5.76. The van der Waals surface area contributed by atoms with Crippen LogP contribution in [-0.4, -0.2) is 24.3 Å². The molecule has 4 aromatic rings. The standard InChI is InChI=1S/C20H21N5O/c1-2-17-9-10-18(26-17)20-19(16-7-4-3-5-8-16)22-15-24(20)11-6-12-25-14-21-13-23-25/h3-5,7-10,13-15H,2,6,11-12H2,1H3. The van der Waals surface area contributed by atoms with E-state index in [9.17, 15) is 0 Å². The van der Waals surface area contributed by atoms with Crippen LogP contribution in [0.3, 0.4) is 0 Å². The Labute approximate surface area is 152 Å². The topological polar surface area (TPSA) is 61.7 Å².